The Bertz CT molecular complexity index is 2430. The molecule has 8 aromatic rings. The van der Waals surface area contributed by atoms with Crippen LogP contribution in [0.3, 0.4) is 0 Å². The zero-order valence-corrected chi connectivity index (χ0v) is 26.0. The molecule has 0 aromatic heterocycles. The van der Waals surface area contributed by atoms with Gasteiger partial charge in [-0.1, -0.05) is 129 Å². The van der Waals surface area contributed by atoms with Gasteiger partial charge in [-0.05, 0) is 109 Å². The van der Waals surface area contributed by atoms with Gasteiger partial charge in [0.2, 0.25) is 0 Å². The number of benzene rings is 8. The Balaban J connectivity index is 1.28. The summed E-state index contributed by atoms with van der Waals surface area (Å²) in [4.78, 5) is 2.43. The van der Waals surface area contributed by atoms with Crippen LogP contribution >= 0.6 is 0 Å². The number of fused-ring (bicyclic) bond motifs is 7. The lowest BCUT2D eigenvalue weighted by molar-refractivity contribution is 0.661. The topological polar surface area (TPSA) is 3.24 Å². The molecule has 46 heavy (non-hydrogen) atoms. The van der Waals surface area contributed by atoms with E-state index in [4.69, 9.17) is 0 Å². The Morgan fingerprint density at radius 3 is 1.87 bits per heavy atom. The van der Waals surface area contributed by atoms with Crippen LogP contribution in [0.4, 0.5) is 17.1 Å². The molecule has 0 atom stereocenters. The van der Waals surface area contributed by atoms with Crippen LogP contribution in [0.2, 0.25) is 0 Å². The second-order valence-corrected chi connectivity index (χ2v) is 13.0. The van der Waals surface area contributed by atoms with Gasteiger partial charge < -0.3 is 4.90 Å². The molecule has 0 heterocycles. The first-order valence-corrected chi connectivity index (χ1v) is 16.1. The molecule has 0 unspecified atom stereocenters. The van der Waals surface area contributed by atoms with Gasteiger partial charge in [0.25, 0.3) is 0 Å². The van der Waals surface area contributed by atoms with Crippen molar-refractivity contribution in [2.24, 2.45) is 0 Å². The number of hydrogen-bond donors (Lipinski definition) is 0. The molecule has 0 saturated heterocycles. The molecule has 1 heteroatoms. The second kappa shape index (κ2) is 10.2. The monoisotopic (exact) mass is 587 g/mol. The van der Waals surface area contributed by atoms with Gasteiger partial charge in [-0.25, -0.2) is 0 Å². The third-order valence-electron chi connectivity index (χ3n) is 10.0. The maximum absolute atomic E-state index is 2.47. The van der Waals surface area contributed by atoms with Crippen LogP contribution in [0.25, 0.3) is 54.6 Å². The Kier molecular flexibility index (Phi) is 5.92. The molecule has 9 rings (SSSR count). The number of para-hydroxylation sites is 1. The Morgan fingerprint density at radius 2 is 1.04 bits per heavy atom. The van der Waals surface area contributed by atoms with Crippen molar-refractivity contribution in [3.63, 3.8) is 0 Å². The van der Waals surface area contributed by atoms with Gasteiger partial charge in [0.1, 0.15) is 0 Å². The quantitative estimate of drug-likeness (QED) is 0.185. The second-order valence-electron chi connectivity index (χ2n) is 13.0. The number of nitrogens with zero attached hydrogens (tertiary/aromatic N) is 1. The van der Waals surface area contributed by atoms with Crippen LogP contribution in [-0.2, 0) is 5.41 Å². The summed E-state index contributed by atoms with van der Waals surface area (Å²) in [6, 6.07) is 60.2. The first kappa shape index (κ1) is 26.7. The lowest BCUT2D eigenvalue weighted by Crippen LogP contribution is -2.15. The standard InChI is InChI=1S/C45H33N/c1-45(2)42-19-11-10-18-38(42)40-28-41-39(29-43(40)45)37-17-9-8-14-34(37)27-44(41)46(35-15-4-3-5-16-35)36-24-22-31(23-25-36)33-21-20-30-12-6-7-13-32(30)26-33/h3-29H,1-2H3. The minimum Gasteiger partial charge on any atom is -0.310 e. The van der Waals surface area contributed by atoms with Crippen molar-refractivity contribution in [1.82, 2.24) is 0 Å². The third kappa shape index (κ3) is 4.09. The summed E-state index contributed by atoms with van der Waals surface area (Å²) in [5.41, 5.74) is 11.3. The lowest BCUT2D eigenvalue weighted by Gasteiger charge is -2.28. The molecule has 1 nitrogen and oxygen atoms in total. The first-order chi connectivity index (χ1) is 22.6. The van der Waals surface area contributed by atoms with Crippen molar-refractivity contribution in [3.8, 4) is 22.3 Å². The molecular weight excluding hydrogens is 555 g/mol. The molecule has 0 aliphatic heterocycles. The summed E-state index contributed by atoms with van der Waals surface area (Å²) >= 11 is 0. The van der Waals surface area contributed by atoms with Crippen LogP contribution in [-0.4, -0.2) is 0 Å². The summed E-state index contributed by atoms with van der Waals surface area (Å²) in [6.45, 7) is 4.73. The molecule has 0 bridgehead atoms. The van der Waals surface area contributed by atoms with E-state index in [1.807, 2.05) is 0 Å². The fourth-order valence-corrected chi connectivity index (χ4v) is 7.64. The van der Waals surface area contributed by atoms with Gasteiger partial charge >= 0.3 is 0 Å². The summed E-state index contributed by atoms with van der Waals surface area (Å²) in [5.74, 6) is 0. The van der Waals surface area contributed by atoms with Gasteiger partial charge in [0.05, 0.1) is 5.69 Å². The highest BCUT2D eigenvalue weighted by Crippen LogP contribution is 2.52. The average molecular weight is 588 g/mol. The Hall–Kier alpha value is -5.66. The lowest BCUT2D eigenvalue weighted by atomic mass is 9.81. The van der Waals surface area contributed by atoms with E-state index in [9.17, 15) is 0 Å². The van der Waals surface area contributed by atoms with E-state index < -0.39 is 0 Å². The van der Waals surface area contributed by atoms with E-state index in [1.165, 1.54) is 71.4 Å². The summed E-state index contributed by atoms with van der Waals surface area (Å²) < 4.78 is 0. The van der Waals surface area contributed by atoms with Crippen molar-refractivity contribution in [1.29, 1.82) is 0 Å². The van der Waals surface area contributed by atoms with Crippen LogP contribution in [0.15, 0.2) is 164 Å². The highest BCUT2D eigenvalue weighted by atomic mass is 15.1. The Labute approximate surface area is 270 Å². The molecular formula is C45H33N. The van der Waals surface area contributed by atoms with Crippen molar-refractivity contribution in [2.45, 2.75) is 19.3 Å². The van der Waals surface area contributed by atoms with Gasteiger partial charge in [0, 0.05) is 22.2 Å². The van der Waals surface area contributed by atoms with Crippen LogP contribution < -0.4 is 4.90 Å². The van der Waals surface area contributed by atoms with Gasteiger partial charge in [-0.3, -0.25) is 0 Å². The maximum atomic E-state index is 2.47. The molecule has 0 saturated carbocycles. The highest BCUT2D eigenvalue weighted by molar-refractivity contribution is 6.16. The molecule has 8 aromatic carbocycles. The first-order valence-electron chi connectivity index (χ1n) is 16.1. The van der Waals surface area contributed by atoms with Crippen molar-refractivity contribution in [2.75, 3.05) is 4.90 Å². The van der Waals surface area contributed by atoms with E-state index >= 15 is 0 Å². The van der Waals surface area contributed by atoms with Crippen LogP contribution in [0.5, 0.6) is 0 Å². The van der Waals surface area contributed by atoms with E-state index in [1.54, 1.807) is 0 Å². The van der Waals surface area contributed by atoms with Crippen molar-refractivity contribution >= 4 is 49.4 Å². The van der Waals surface area contributed by atoms with Crippen LogP contribution in [0.1, 0.15) is 25.0 Å². The zero-order valence-electron chi connectivity index (χ0n) is 26.0. The summed E-state index contributed by atoms with van der Waals surface area (Å²) in [7, 11) is 0. The zero-order chi connectivity index (χ0) is 30.8. The smallest absolute Gasteiger partial charge is 0.0546 e. The molecule has 0 N–H and O–H groups in total. The van der Waals surface area contributed by atoms with Crippen molar-refractivity contribution in [3.05, 3.63) is 175 Å². The number of rotatable bonds is 4. The van der Waals surface area contributed by atoms with Crippen molar-refractivity contribution < 1.29 is 0 Å². The van der Waals surface area contributed by atoms with E-state index in [0.29, 0.717) is 0 Å². The van der Waals surface area contributed by atoms with Gasteiger partial charge in [-0.15, -0.1) is 0 Å². The molecule has 0 amide bonds. The average Bonchev–Trinajstić information content (AvgIpc) is 3.33. The Morgan fingerprint density at radius 1 is 0.391 bits per heavy atom. The predicted molar refractivity (Wildman–Crippen MR) is 197 cm³/mol. The van der Waals surface area contributed by atoms with E-state index in [0.717, 1.165) is 11.4 Å². The number of anilines is 3. The summed E-state index contributed by atoms with van der Waals surface area (Å²) in [5, 5.41) is 7.60. The van der Waals surface area contributed by atoms with Gasteiger partial charge in [0.15, 0.2) is 0 Å². The SMILES string of the molecule is CC1(C)c2ccccc2-c2cc3c(N(c4ccccc4)c4ccc(-c5ccc6ccccc6c5)cc4)cc4ccccc4c3cc21. The fourth-order valence-electron chi connectivity index (χ4n) is 7.64. The summed E-state index contributed by atoms with van der Waals surface area (Å²) in [6.07, 6.45) is 0. The molecule has 0 radical (unpaired) electrons. The molecule has 1 aliphatic rings. The minimum atomic E-state index is -0.0606. The van der Waals surface area contributed by atoms with E-state index in [-0.39, 0.29) is 5.41 Å². The third-order valence-corrected chi connectivity index (χ3v) is 10.0. The maximum Gasteiger partial charge on any atom is 0.0546 e. The highest BCUT2D eigenvalue weighted by Gasteiger charge is 2.36. The normalized spacial score (nSPS) is 13.2. The van der Waals surface area contributed by atoms with Gasteiger partial charge in [-0.2, -0.15) is 0 Å². The largest absolute Gasteiger partial charge is 0.310 e. The fraction of sp³-hybridized carbons (Fsp3) is 0.0667. The molecule has 218 valence electrons. The van der Waals surface area contributed by atoms with E-state index in [2.05, 4.69) is 183 Å². The predicted octanol–water partition coefficient (Wildman–Crippen LogP) is 12.6. The minimum absolute atomic E-state index is 0.0606. The number of hydrogen-bond acceptors (Lipinski definition) is 1. The molecule has 0 fully saturated rings. The van der Waals surface area contributed by atoms with Crippen LogP contribution in [0, 0.1) is 0 Å². The molecule has 1 aliphatic carbocycles. The molecule has 0 spiro atoms.